The first-order valence-electron chi connectivity index (χ1n) is 16.7. The molecule has 0 amide bonds. The average molecular weight is 657 g/mol. The molecule has 0 heterocycles. The minimum absolute atomic E-state index is 0.247. The normalized spacial score (nSPS) is 11.4. The zero-order valence-electron chi connectivity index (χ0n) is 28.3. The molecular weight excluding hydrogens is 592 g/mol. The Morgan fingerprint density at radius 3 is 0.867 bits per heavy atom. The molecule has 13 heteroatoms. The second-order valence-electron chi connectivity index (χ2n) is 9.83. The Labute approximate surface area is 272 Å². The monoisotopic (exact) mass is 656 g/mol. The van der Waals surface area contributed by atoms with Crippen molar-refractivity contribution in [3.05, 3.63) is 0 Å². The lowest BCUT2D eigenvalue weighted by molar-refractivity contribution is -0.141. The zero-order valence-corrected chi connectivity index (χ0v) is 28.3. The molecule has 0 aromatic heterocycles. The molecule has 0 rings (SSSR count). The number of unbranched alkanes of at least 4 members (excludes halogenated alkanes) is 5. The average Bonchev–Trinajstić information content (AvgIpc) is 3.05. The van der Waals surface area contributed by atoms with Crippen molar-refractivity contribution in [1.82, 2.24) is 0 Å². The number of esters is 1. The third-order valence-corrected chi connectivity index (χ3v) is 6.04. The maximum absolute atomic E-state index is 10.9. The van der Waals surface area contributed by atoms with Gasteiger partial charge in [0.15, 0.2) is 0 Å². The second-order valence-corrected chi connectivity index (χ2v) is 9.83. The summed E-state index contributed by atoms with van der Waals surface area (Å²) in [5.41, 5.74) is 0. The van der Waals surface area contributed by atoms with Gasteiger partial charge in [-0.3, -0.25) is 4.79 Å². The van der Waals surface area contributed by atoms with Gasteiger partial charge in [0.25, 0.3) is 0 Å². The maximum atomic E-state index is 10.9. The molecule has 0 aliphatic rings. The van der Waals surface area contributed by atoms with Crippen LogP contribution in [-0.4, -0.2) is 158 Å². The minimum atomic E-state index is -0.283. The van der Waals surface area contributed by atoms with Crippen molar-refractivity contribution < 1.29 is 61.6 Å². The van der Waals surface area contributed by atoms with Crippen LogP contribution in [0.4, 0.5) is 0 Å². The summed E-state index contributed by atoms with van der Waals surface area (Å²) in [6.07, 6.45) is 7.92. The van der Waals surface area contributed by atoms with Crippen LogP contribution < -0.4 is 0 Å². The molecule has 45 heavy (non-hydrogen) atoms. The van der Waals surface area contributed by atoms with Crippen molar-refractivity contribution in [3.63, 3.8) is 0 Å². The van der Waals surface area contributed by atoms with Gasteiger partial charge in [0, 0.05) is 6.61 Å². The van der Waals surface area contributed by atoms with Crippen LogP contribution in [0.3, 0.4) is 0 Å². The van der Waals surface area contributed by atoms with E-state index in [0.29, 0.717) is 139 Å². The van der Waals surface area contributed by atoms with E-state index in [1.807, 2.05) is 0 Å². The third-order valence-electron chi connectivity index (χ3n) is 6.04. The third kappa shape index (κ3) is 41.0. The van der Waals surface area contributed by atoms with E-state index in [9.17, 15) is 4.79 Å². The number of carbonyl (C=O) groups is 1. The fraction of sp³-hybridized carbons (Fsp3) is 0.969. The predicted molar refractivity (Wildman–Crippen MR) is 169 cm³/mol. The van der Waals surface area contributed by atoms with Gasteiger partial charge < -0.3 is 56.8 Å². The van der Waals surface area contributed by atoms with E-state index in [-0.39, 0.29) is 12.4 Å². The van der Waals surface area contributed by atoms with Gasteiger partial charge in [-0.15, -0.1) is 0 Å². The largest absolute Gasteiger partial charge is 0.469 e. The van der Waals surface area contributed by atoms with Gasteiger partial charge in [-0.2, -0.15) is 0 Å². The van der Waals surface area contributed by atoms with Gasteiger partial charge in [0.1, 0.15) is 0 Å². The molecule has 13 nitrogen and oxygen atoms in total. The van der Waals surface area contributed by atoms with Crippen molar-refractivity contribution in [2.75, 3.05) is 152 Å². The molecule has 0 spiro atoms. The van der Waals surface area contributed by atoms with Crippen LogP contribution in [0.15, 0.2) is 0 Å². The minimum Gasteiger partial charge on any atom is -0.469 e. The van der Waals surface area contributed by atoms with Crippen molar-refractivity contribution in [1.29, 1.82) is 0 Å². The Morgan fingerprint density at radius 1 is 0.333 bits per heavy atom. The molecule has 0 aromatic carbocycles. The number of ether oxygens (including phenoxy) is 12. The van der Waals surface area contributed by atoms with Crippen LogP contribution in [-0.2, 0) is 61.6 Å². The summed E-state index contributed by atoms with van der Waals surface area (Å²) in [7, 11) is 1.35. The van der Waals surface area contributed by atoms with Crippen LogP contribution in [0.25, 0.3) is 0 Å². The van der Waals surface area contributed by atoms with Crippen LogP contribution >= 0.6 is 0 Å². The zero-order chi connectivity index (χ0) is 32.6. The highest BCUT2D eigenvalue weighted by Gasteiger charge is 1.99. The molecule has 0 atom stereocenters. The van der Waals surface area contributed by atoms with Gasteiger partial charge in [0.2, 0.25) is 0 Å². The summed E-state index contributed by atoms with van der Waals surface area (Å²) in [5, 5.41) is 0. The molecule has 0 aromatic rings. The molecule has 0 unspecified atom stereocenters. The molecule has 0 saturated heterocycles. The van der Waals surface area contributed by atoms with E-state index in [2.05, 4.69) is 11.7 Å². The molecule has 0 aliphatic heterocycles. The summed E-state index contributed by atoms with van der Waals surface area (Å²) in [5.74, 6) is -0.283. The standard InChI is InChI=1S/C32H64O13/c1-3-4-5-6-7-8-10-35-12-14-37-16-18-39-20-22-41-24-26-43-28-30-45-31-29-44-27-25-42-23-21-40-19-17-38-15-13-36-11-9-32(33)34-2/h3-31H2,1-2H3. The van der Waals surface area contributed by atoms with E-state index >= 15 is 0 Å². The first kappa shape index (κ1) is 44.0. The number of methoxy groups -OCH3 is 1. The summed E-state index contributed by atoms with van der Waals surface area (Å²) in [6, 6.07) is 0. The van der Waals surface area contributed by atoms with Crippen LogP contribution in [0.2, 0.25) is 0 Å². The smallest absolute Gasteiger partial charge is 0.307 e. The lowest BCUT2D eigenvalue weighted by Gasteiger charge is -2.09. The predicted octanol–water partition coefficient (Wildman–Crippen LogP) is 3.09. The summed E-state index contributed by atoms with van der Waals surface area (Å²) < 4.78 is 64.5. The van der Waals surface area contributed by atoms with Gasteiger partial charge in [-0.05, 0) is 6.42 Å². The van der Waals surface area contributed by atoms with Crippen molar-refractivity contribution in [2.24, 2.45) is 0 Å². The summed E-state index contributed by atoms with van der Waals surface area (Å²) in [6.45, 7) is 13.7. The van der Waals surface area contributed by atoms with E-state index < -0.39 is 0 Å². The number of hydrogen-bond donors (Lipinski definition) is 0. The highest BCUT2D eigenvalue weighted by Crippen LogP contribution is 2.04. The van der Waals surface area contributed by atoms with E-state index in [1.165, 1.54) is 39.2 Å². The Kier molecular flexibility index (Phi) is 40.2. The summed E-state index contributed by atoms with van der Waals surface area (Å²) in [4.78, 5) is 10.9. The lowest BCUT2D eigenvalue weighted by atomic mass is 10.1. The molecule has 0 aliphatic carbocycles. The fourth-order valence-electron chi connectivity index (χ4n) is 3.54. The topological polar surface area (TPSA) is 128 Å². The Hall–Kier alpha value is -0.970. The van der Waals surface area contributed by atoms with Crippen molar-refractivity contribution in [2.45, 2.75) is 51.9 Å². The number of hydrogen-bond acceptors (Lipinski definition) is 13. The van der Waals surface area contributed by atoms with E-state index in [4.69, 9.17) is 52.1 Å². The molecule has 0 radical (unpaired) electrons. The SMILES string of the molecule is CCCCCCCCOCCOCCOCCOCCOCCOCCOCCOCCOCCOCCOCCC(=O)OC. The summed E-state index contributed by atoms with van der Waals surface area (Å²) >= 11 is 0. The number of rotatable bonds is 40. The van der Waals surface area contributed by atoms with Crippen LogP contribution in [0.5, 0.6) is 0 Å². The van der Waals surface area contributed by atoms with Gasteiger partial charge in [-0.25, -0.2) is 0 Å². The van der Waals surface area contributed by atoms with E-state index in [0.717, 1.165) is 13.0 Å². The molecule has 0 saturated carbocycles. The Morgan fingerprint density at radius 2 is 0.578 bits per heavy atom. The quantitative estimate of drug-likeness (QED) is 0.0709. The highest BCUT2D eigenvalue weighted by atomic mass is 16.6. The molecular formula is C32H64O13. The molecule has 0 N–H and O–H groups in total. The Balaban J connectivity index is 3.05. The molecule has 0 bridgehead atoms. The van der Waals surface area contributed by atoms with Crippen LogP contribution in [0.1, 0.15) is 51.9 Å². The van der Waals surface area contributed by atoms with Gasteiger partial charge in [-0.1, -0.05) is 39.0 Å². The first-order chi connectivity index (χ1) is 22.3. The molecule has 0 fully saturated rings. The Bertz CT molecular complexity index is 557. The number of carbonyl (C=O) groups excluding carboxylic acids is 1. The lowest BCUT2D eigenvalue weighted by Crippen LogP contribution is -2.15. The van der Waals surface area contributed by atoms with E-state index in [1.54, 1.807) is 0 Å². The highest BCUT2D eigenvalue weighted by molar-refractivity contribution is 5.69. The van der Waals surface area contributed by atoms with Crippen LogP contribution in [0, 0.1) is 0 Å². The first-order valence-corrected chi connectivity index (χ1v) is 16.7. The van der Waals surface area contributed by atoms with Crippen molar-refractivity contribution >= 4 is 5.97 Å². The van der Waals surface area contributed by atoms with Crippen molar-refractivity contribution in [3.8, 4) is 0 Å². The van der Waals surface area contributed by atoms with Gasteiger partial charge >= 0.3 is 5.97 Å². The molecule has 270 valence electrons. The fourth-order valence-corrected chi connectivity index (χ4v) is 3.54. The second kappa shape index (κ2) is 41.1. The van der Waals surface area contributed by atoms with Gasteiger partial charge in [0.05, 0.1) is 152 Å². The maximum Gasteiger partial charge on any atom is 0.307 e.